The summed E-state index contributed by atoms with van der Waals surface area (Å²) in [7, 11) is 1.71. The summed E-state index contributed by atoms with van der Waals surface area (Å²) in [6.45, 7) is 3.94. The molecule has 1 amide bonds. The summed E-state index contributed by atoms with van der Waals surface area (Å²) in [4.78, 5) is 17.8. The zero-order valence-electron chi connectivity index (χ0n) is 14.1. The number of amides is 1. The van der Waals surface area contributed by atoms with Crippen molar-refractivity contribution in [3.8, 4) is 0 Å². The molecule has 1 saturated heterocycles. The van der Waals surface area contributed by atoms with Crippen LogP contribution in [0.4, 0.5) is 4.39 Å². The van der Waals surface area contributed by atoms with E-state index in [1.807, 2.05) is 11.8 Å². The second-order valence-electron chi connectivity index (χ2n) is 5.81. The first-order valence-corrected chi connectivity index (χ1v) is 9.01. The highest BCUT2D eigenvalue weighted by atomic mass is 79.9. The summed E-state index contributed by atoms with van der Waals surface area (Å²) >= 11 is 3.36. The Balaban J connectivity index is 1.79. The molecule has 132 valence electrons. The van der Waals surface area contributed by atoms with E-state index in [1.165, 1.54) is 6.07 Å². The van der Waals surface area contributed by atoms with Gasteiger partial charge in [-0.2, -0.15) is 0 Å². The Morgan fingerprint density at radius 3 is 3.00 bits per heavy atom. The highest BCUT2D eigenvalue weighted by Crippen LogP contribution is 2.15. The molecule has 1 aliphatic rings. The highest BCUT2D eigenvalue weighted by molar-refractivity contribution is 9.10. The van der Waals surface area contributed by atoms with E-state index in [9.17, 15) is 9.18 Å². The van der Waals surface area contributed by atoms with E-state index in [1.54, 1.807) is 19.2 Å². The molecule has 1 heterocycles. The smallest absolute Gasteiger partial charge is 0.222 e. The lowest BCUT2D eigenvalue weighted by atomic mass is 10.1. The molecule has 0 aliphatic carbocycles. The molecule has 0 radical (unpaired) electrons. The minimum atomic E-state index is -0.201. The number of carbonyl (C=O) groups excluding carboxylic acids is 1. The van der Waals surface area contributed by atoms with Crippen LogP contribution in [0.5, 0.6) is 0 Å². The average molecular weight is 399 g/mol. The van der Waals surface area contributed by atoms with Crippen molar-refractivity contribution in [3.63, 3.8) is 0 Å². The molecule has 24 heavy (non-hydrogen) atoms. The molecule has 2 N–H and O–H groups in total. The van der Waals surface area contributed by atoms with Gasteiger partial charge in [0.05, 0.1) is 0 Å². The van der Waals surface area contributed by atoms with Crippen molar-refractivity contribution in [1.82, 2.24) is 15.5 Å². The number of nitrogens with zero attached hydrogens (tertiary/aromatic N) is 2. The molecule has 0 aromatic heterocycles. The van der Waals surface area contributed by atoms with Gasteiger partial charge in [0.15, 0.2) is 5.96 Å². The standard InChI is InChI=1S/C17H24BrFN4O/c1-3-16(24)23-9-7-14(11-23)22-17(20-2)21-8-6-12-10-13(18)4-5-15(12)19/h4-5,10,14H,3,6-9,11H2,1-2H3,(H2,20,21,22). The van der Waals surface area contributed by atoms with Crippen LogP contribution >= 0.6 is 15.9 Å². The topological polar surface area (TPSA) is 56.7 Å². The molecule has 1 fully saturated rings. The maximum atomic E-state index is 13.7. The number of benzene rings is 1. The number of hydrogen-bond acceptors (Lipinski definition) is 2. The molecular formula is C17H24BrFN4O. The van der Waals surface area contributed by atoms with Gasteiger partial charge in [-0.05, 0) is 36.6 Å². The third kappa shape index (κ3) is 5.19. The summed E-state index contributed by atoms with van der Waals surface area (Å²) < 4.78 is 14.6. The monoisotopic (exact) mass is 398 g/mol. The Bertz CT molecular complexity index is 608. The Kier molecular flexibility index (Phi) is 7.02. The fourth-order valence-corrected chi connectivity index (χ4v) is 3.18. The van der Waals surface area contributed by atoms with Crippen molar-refractivity contribution in [1.29, 1.82) is 0 Å². The van der Waals surface area contributed by atoms with E-state index in [0.29, 0.717) is 37.5 Å². The number of rotatable bonds is 5. The van der Waals surface area contributed by atoms with Crippen molar-refractivity contribution >= 4 is 27.8 Å². The van der Waals surface area contributed by atoms with Crippen LogP contribution in [-0.4, -0.2) is 49.5 Å². The number of hydrogen-bond donors (Lipinski definition) is 2. The minimum absolute atomic E-state index is 0.187. The highest BCUT2D eigenvalue weighted by Gasteiger charge is 2.25. The lowest BCUT2D eigenvalue weighted by molar-refractivity contribution is -0.129. The molecule has 1 atom stereocenters. The van der Waals surface area contributed by atoms with E-state index in [0.717, 1.165) is 17.4 Å². The second-order valence-corrected chi connectivity index (χ2v) is 6.72. The lowest BCUT2D eigenvalue weighted by Crippen LogP contribution is -2.45. The van der Waals surface area contributed by atoms with Crippen molar-refractivity contribution in [2.45, 2.75) is 32.2 Å². The summed E-state index contributed by atoms with van der Waals surface area (Å²) in [5, 5.41) is 6.53. The van der Waals surface area contributed by atoms with E-state index < -0.39 is 0 Å². The van der Waals surface area contributed by atoms with E-state index >= 15 is 0 Å². The minimum Gasteiger partial charge on any atom is -0.356 e. The van der Waals surface area contributed by atoms with E-state index in [2.05, 4.69) is 31.6 Å². The van der Waals surface area contributed by atoms with Gasteiger partial charge in [-0.1, -0.05) is 22.9 Å². The summed E-state index contributed by atoms with van der Waals surface area (Å²) in [5.74, 6) is 0.668. The van der Waals surface area contributed by atoms with Gasteiger partial charge < -0.3 is 15.5 Å². The van der Waals surface area contributed by atoms with E-state index in [4.69, 9.17) is 0 Å². The lowest BCUT2D eigenvalue weighted by Gasteiger charge is -2.18. The molecule has 1 aromatic rings. The maximum absolute atomic E-state index is 13.7. The van der Waals surface area contributed by atoms with Gasteiger partial charge in [-0.25, -0.2) is 4.39 Å². The van der Waals surface area contributed by atoms with Crippen LogP contribution in [0.2, 0.25) is 0 Å². The summed E-state index contributed by atoms with van der Waals surface area (Å²) in [5.41, 5.74) is 0.660. The Labute approximate surface area is 150 Å². The molecule has 0 bridgehead atoms. The molecule has 1 aliphatic heterocycles. The van der Waals surface area contributed by atoms with Gasteiger partial charge in [0, 0.05) is 43.6 Å². The zero-order valence-corrected chi connectivity index (χ0v) is 15.7. The van der Waals surface area contributed by atoms with Crippen molar-refractivity contribution in [2.75, 3.05) is 26.7 Å². The number of carbonyl (C=O) groups is 1. The molecule has 1 aromatic carbocycles. The SMILES string of the molecule is CCC(=O)N1CCC(NC(=NC)NCCc2cc(Br)ccc2F)C1. The fraction of sp³-hybridized carbons (Fsp3) is 0.529. The quantitative estimate of drug-likeness (QED) is 0.590. The van der Waals surface area contributed by atoms with Crippen molar-refractivity contribution < 1.29 is 9.18 Å². The van der Waals surface area contributed by atoms with Crippen LogP contribution < -0.4 is 10.6 Å². The van der Waals surface area contributed by atoms with Gasteiger partial charge >= 0.3 is 0 Å². The van der Waals surface area contributed by atoms with Crippen LogP contribution in [-0.2, 0) is 11.2 Å². The molecule has 0 saturated carbocycles. The van der Waals surface area contributed by atoms with Gasteiger partial charge in [0.1, 0.15) is 5.82 Å². The zero-order chi connectivity index (χ0) is 17.5. The Morgan fingerprint density at radius 1 is 1.50 bits per heavy atom. The number of likely N-dealkylation sites (tertiary alicyclic amines) is 1. The van der Waals surface area contributed by atoms with Crippen molar-refractivity contribution in [2.24, 2.45) is 4.99 Å². The Hall–Kier alpha value is -1.63. The van der Waals surface area contributed by atoms with Crippen LogP contribution in [0.15, 0.2) is 27.7 Å². The third-order valence-electron chi connectivity index (χ3n) is 4.10. The fourth-order valence-electron chi connectivity index (χ4n) is 2.77. The van der Waals surface area contributed by atoms with Crippen molar-refractivity contribution in [3.05, 3.63) is 34.1 Å². The van der Waals surface area contributed by atoms with Crippen LogP contribution in [0.3, 0.4) is 0 Å². The number of guanidine groups is 1. The van der Waals surface area contributed by atoms with Crippen LogP contribution in [0.1, 0.15) is 25.3 Å². The predicted octanol–water partition coefficient (Wildman–Crippen LogP) is 2.31. The second kappa shape index (κ2) is 9.01. The normalized spacial score (nSPS) is 17.9. The average Bonchev–Trinajstić information content (AvgIpc) is 3.04. The number of halogens is 2. The third-order valence-corrected chi connectivity index (χ3v) is 4.60. The first kappa shape index (κ1) is 18.7. The van der Waals surface area contributed by atoms with Gasteiger partial charge in [0.2, 0.25) is 5.91 Å². The van der Waals surface area contributed by atoms with Gasteiger partial charge in [0.25, 0.3) is 0 Å². The molecule has 1 unspecified atom stereocenters. The summed E-state index contributed by atoms with van der Waals surface area (Å²) in [6, 6.07) is 5.15. The molecular weight excluding hydrogens is 375 g/mol. The number of nitrogens with one attached hydrogen (secondary N) is 2. The Morgan fingerprint density at radius 2 is 2.29 bits per heavy atom. The van der Waals surface area contributed by atoms with Crippen LogP contribution in [0.25, 0.3) is 0 Å². The first-order valence-electron chi connectivity index (χ1n) is 8.22. The summed E-state index contributed by atoms with van der Waals surface area (Å²) in [6.07, 6.45) is 2.02. The molecule has 0 spiro atoms. The predicted molar refractivity (Wildman–Crippen MR) is 97.6 cm³/mol. The maximum Gasteiger partial charge on any atom is 0.222 e. The molecule has 7 heteroatoms. The largest absolute Gasteiger partial charge is 0.356 e. The van der Waals surface area contributed by atoms with Crippen LogP contribution in [0, 0.1) is 5.82 Å². The molecule has 5 nitrogen and oxygen atoms in total. The van der Waals surface area contributed by atoms with Gasteiger partial charge in [-0.3, -0.25) is 9.79 Å². The molecule has 2 rings (SSSR count). The first-order chi connectivity index (χ1) is 11.5. The van der Waals surface area contributed by atoms with Gasteiger partial charge in [-0.15, -0.1) is 0 Å². The van der Waals surface area contributed by atoms with E-state index in [-0.39, 0.29) is 17.8 Å². The number of aliphatic imine (C=N–C) groups is 1.